The molecule has 0 radical (unpaired) electrons. The van der Waals surface area contributed by atoms with Gasteiger partial charge in [0.15, 0.2) is 5.36 Å². The lowest BCUT2D eigenvalue weighted by Gasteiger charge is -2.18. The fourth-order valence-corrected chi connectivity index (χ4v) is 2.86. The van der Waals surface area contributed by atoms with Crippen LogP contribution >= 0.6 is 0 Å². The summed E-state index contributed by atoms with van der Waals surface area (Å²) in [5.74, 6) is 0. The molecule has 3 rings (SSSR count). The minimum Gasteiger partial charge on any atom is -0.287 e. The summed E-state index contributed by atoms with van der Waals surface area (Å²) in [6.45, 7) is 1.88. The summed E-state index contributed by atoms with van der Waals surface area (Å²) < 4.78 is 23.3. The van der Waals surface area contributed by atoms with E-state index in [-0.39, 0.29) is 16.1 Å². The third-order valence-electron chi connectivity index (χ3n) is 3.58. The fraction of sp³-hybridized carbons (Fsp3) is 0.118. The van der Waals surface area contributed by atoms with Gasteiger partial charge >= 0.3 is 0 Å². The van der Waals surface area contributed by atoms with E-state index < -0.39 is 20.9 Å². The molecule has 8 heteroatoms. The van der Waals surface area contributed by atoms with E-state index in [4.69, 9.17) is 0 Å². The van der Waals surface area contributed by atoms with Crippen molar-refractivity contribution >= 4 is 26.5 Å². The number of anilines is 1. The van der Waals surface area contributed by atoms with Gasteiger partial charge < -0.3 is 0 Å². The van der Waals surface area contributed by atoms with Gasteiger partial charge in [-0.2, -0.15) is 5.12 Å². The average molecular weight is 357 g/mol. The molecule has 0 aliphatic heterocycles. The van der Waals surface area contributed by atoms with Gasteiger partial charge in [-0.25, -0.2) is 8.42 Å². The van der Waals surface area contributed by atoms with E-state index in [2.05, 4.69) is 9.93 Å². The summed E-state index contributed by atoms with van der Waals surface area (Å²) >= 11 is 0. The highest BCUT2D eigenvalue weighted by Crippen LogP contribution is 2.13. The third kappa shape index (κ3) is 3.49. The Kier molecular flexibility index (Phi) is 4.23. The fourth-order valence-electron chi connectivity index (χ4n) is 2.40. The van der Waals surface area contributed by atoms with Crippen LogP contribution in [0.15, 0.2) is 63.2 Å². The molecule has 0 spiro atoms. The maximum atomic E-state index is 12.4. The summed E-state index contributed by atoms with van der Waals surface area (Å²) in [6.07, 6.45) is 0.960. The number of nitrogens with zero attached hydrogens (tertiary/aromatic N) is 2. The van der Waals surface area contributed by atoms with Crippen LogP contribution in [0.5, 0.6) is 0 Å². The highest BCUT2D eigenvalue weighted by molar-refractivity contribution is 7.88. The number of sulfonamides is 1. The zero-order valence-corrected chi connectivity index (χ0v) is 14.4. The third-order valence-corrected chi connectivity index (χ3v) is 4.08. The zero-order valence-electron chi connectivity index (χ0n) is 13.6. The first-order valence-electron chi connectivity index (χ1n) is 7.37. The lowest BCUT2D eigenvalue weighted by atomic mass is 10.2. The van der Waals surface area contributed by atoms with E-state index in [0.29, 0.717) is 5.69 Å². The number of hydrazine groups is 1. The molecular formula is C17H15N3O4S. The van der Waals surface area contributed by atoms with Crippen LogP contribution in [-0.2, 0) is 10.0 Å². The number of hydrogen-bond acceptors (Lipinski definition) is 6. The molecule has 0 unspecified atom stereocenters. The molecule has 0 saturated heterocycles. The number of aryl methyl sites for hydroxylation is 1. The number of nitrogens with one attached hydrogen (secondary N) is 1. The minimum atomic E-state index is -3.68. The number of benzene rings is 2. The van der Waals surface area contributed by atoms with E-state index in [1.54, 1.807) is 36.4 Å². The average Bonchev–Trinajstić information content (AvgIpc) is 2.79. The van der Waals surface area contributed by atoms with Crippen molar-refractivity contribution in [2.75, 3.05) is 11.4 Å². The highest BCUT2D eigenvalue weighted by atomic mass is 32.2. The van der Waals surface area contributed by atoms with Crippen LogP contribution in [0, 0.1) is 6.92 Å². The van der Waals surface area contributed by atoms with Gasteiger partial charge in [-0.15, -0.1) is 9.93 Å². The van der Waals surface area contributed by atoms with Crippen LogP contribution in [0.3, 0.4) is 0 Å². The standard InChI is InChI=1S/C17H15N3O4S/c1-11-7-9-12(10-8-11)20(19-25(2,23)24)18-15-16(21)13-5-3-4-6-14(13)17(15)22/h3-10,19H,1-2H3. The lowest BCUT2D eigenvalue weighted by molar-refractivity contribution is 0.582. The lowest BCUT2D eigenvalue weighted by Crippen LogP contribution is -2.43. The summed E-state index contributed by atoms with van der Waals surface area (Å²) in [5, 5.41) is 5.10. The highest BCUT2D eigenvalue weighted by Gasteiger charge is 2.15. The maximum absolute atomic E-state index is 12.4. The molecule has 3 aromatic carbocycles. The van der Waals surface area contributed by atoms with Gasteiger partial charge in [-0.05, 0) is 19.1 Å². The van der Waals surface area contributed by atoms with Crippen LogP contribution < -0.4 is 26.2 Å². The van der Waals surface area contributed by atoms with Crippen molar-refractivity contribution in [2.45, 2.75) is 6.92 Å². The van der Waals surface area contributed by atoms with Gasteiger partial charge in [0, 0.05) is 10.8 Å². The van der Waals surface area contributed by atoms with Crippen LogP contribution in [0.25, 0.3) is 10.8 Å². The van der Waals surface area contributed by atoms with E-state index in [1.807, 2.05) is 6.92 Å². The van der Waals surface area contributed by atoms with Crippen molar-refractivity contribution in [2.24, 2.45) is 5.10 Å². The first-order chi connectivity index (χ1) is 11.8. The normalized spacial score (nSPS) is 11.6. The predicted molar refractivity (Wildman–Crippen MR) is 96.1 cm³/mol. The van der Waals surface area contributed by atoms with Crippen LogP contribution in [0.4, 0.5) is 5.69 Å². The Labute approximate surface area is 143 Å². The molecule has 0 heterocycles. The molecule has 25 heavy (non-hydrogen) atoms. The Morgan fingerprint density at radius 3 is 1.92 bits per heavy atom. The predicted octanol–water partition coefficient (Wildman–Crippen LogP) is 0.531. The van der Waals surface area contributed by atoms with Gasteiger partial charge in [-0.1, -0.05) is 42.0 Å². The maximum Gasteiger partial charge on any atom is 0.227 e. The molecular weight excluding hydrogens is 342 g/mol. The van der Waals surface area contributed by atoms with Gasteiger partial charge in [0.2, 0.25) is 20.9 Å². The molecule has 128 valence electrons. The Bertz CT molecular complexity index is 1140. The molecule has 0 aliphatic carbocycles. The largest absolute Gasteiger partial charge is 0.287 e. The summed E-state index contributed by atoms with van der Waals surface area (Å²) in [4.78, 5) is 27.1. The van der Waals surface area contributed by atoms with Crippen molar-refractivity contribution < 1.29 is 8.42 Å². The monoisotopic (exact) mass is 357 g/mol. The molecule has 0 amide bonds. The molecule has 0 atom stereocenters. The SMILES string of the molecule is Cc1ccc(N(N=c2c(=O)c3ccccc3c2=O)NS(C)(=O)=O)cc1. The quantitative estimate of drug-likeness (QED) is 0.687. The molecule has 0 aromatic heterocycles. The van der Waals surface area contributed by atoms with Crippen LogP contribution in [0.1, 0.15) is 5.56 Å². The topological polar surface area (TPSA) is 95.9 Å². The molecule has 7 nitrogen and oxygen atoms in total. The van der Waals surface area contributed by atoms with E-state index in [0.717, 1.165) is 16.9 Å². The van der Waals surface area contributed by atoms with Gasteiger partial charge in [0.05, 0.1) is 11.9 Å². The second kappa shape index (κ2) is 6.23. The summed E-state index contributed by atoms with van der Waals surface area (Å²) in [5.41, 5.74) is 0.275. The van der Waals surface area contributed by atoms with E-state index in [9.17, 15) is 18.0 Å². The second-order valence-electron chi connectivity index (χ2n) is 5.66. The molecule has 3 aromatic rings. The van der Waals surface area contributed by atoms with Gasteiger partial charge in [-0.3, -0.25) is 9.59 Å². The van der Waals surface area contributed by atoms with Crippen molar-refractivity contribution in [3.8, 4) is 0 Å². The van der Waals surface area contributed by atoms with Crippen LogP contribution in [0.2, 0.25) is 0 Å². The van der Waals surface area contributed by atoms with Crippen molar-refractivity contribution in [1.29, 1.82) is 0 Å². The molecule has 0 aliphatic rings. The molecule has 1 N–H and O–H groups in total. The summed E-state index contributed by atoms with van der Waals surface area (Å²) in [7, 11) is -3.68. The minimum absolute atomic E-state index is 0.259. The zero-order chi connectivity index (χ0) is 18.2. The summed E-state index contributed by atoms with van der Waals surface area (Å²) in [6, 6.07) is 13.2. The number of fused-ring (bicyclic) bond motifs is 1. The van der Waals surface area contributed by atoms with Crippen molar-refractivity contribution in [3.05, 3.63) is 79.9 Å². The van der Waals surface area contributed by atoms with E-state index >= 15 is 0 Å². The van der Waals surface area contributed by atoms with Crippen molar-refractivity contribution in [3.63, 3.8) is 0 Å². The Hall–Kier alpha value is -2.84. The van der Waals surface area contributed by atoms with E-state index in [1.165, 1.54) is 12.1 Å². The van der Waals surface area contributed by atoms with Crippen molar-refractivity contribution in [1.82, 2.24) is 4.83 Å². The second-order valence-corrected chi connectivity index (χ2v) is 7.39. The van der Waals surface area contributed by atoms with Crippen LogP contribution in [-0.4, -0.2) is 14.7 Å². The Morgan fingerprint density at radius 2 is 1.44 bits per heavy atom. The number of hydrogen-bond donors (Lipinski definition) is 1. The van der Waals surface area contributed by atoms with Gasteiger partial charge in [0.1, 0.15) is 0 Å². The first kappa shape index (κ1) is 17.0. The molecule has 0 saturated carbocycles. The Morgan fingerprint density at radius 1 is 0.920 bits per heavy atom. The number of rotatable bonds is 4. The Balaban J connectivity index is 2.25. The first-order valence-corrected chi connectivity index (χ1v) is 9.26. The molecule has 0 fully saturated rings. The van der Waals surface area contributed by atoms with Gasteiger partial charge in [0.25, 0.3) is 0 Å². The smallest absolute Gasteiger partial charge is 0.227 e. The molecule has 0 bridgehead atoms.